The molecule has 8 nitrogen and oxygen atoms in total. The second kappa shape index (κ2) is 6.49. The smallest absolute Gasteiger partial charge is 0.249 e. The molecule has 0 radical (unpaired) electrons. The van der Waals surface area contributed by atoms with E-state index in [2.05, 4.69) is 20.6 Å². The molecule has 1 aliphatic rings. The van der Waals surface area contributed by atoms with Crippen molar-refractivity contribution in [2.75, 3.05) is 30.9 Å². The van der Waals surface area contributed by atoms with Crippen molar-refractivity contribution < 1.29 is 14.3 Å². The minimum Gasteiger partial charge on any atom is -0.377 e. The molecule has 8 heteroatoms. The minimum atomic E-state index is -0.419. The molecule has 2 N–H and O–H groups in total. The van der Waals surface area contributed by atoms with Crippen LogP contribution in [0.2, 0.25) is 0 Å². The summed E-state index contributed by atoms with van der Waals surface area (Å²) in [5, 5.41) is 5.29. The van der Waals surface area contributed by atoms with Gasteiger partial charge in [-0.15, -0.1) is 0 Å². The van der Waals surface area contributed by atoms with E-state index in [-0.39, 0.29) is 25.0 Å². The number of ether oxygens (including phenoxy) is 1. The highest BCUT2D eigenvalue weighted by Gasteiger charge is 2.33. The highest BCUT2D eigenvalue weighted by molar-refractivity contribution is 6.04. The summed E-state index contributed by atoms with van der Waals surface area (Å²) >= 11 is 0. The number of methoxy groups -OCH3 is 1. The largest absolute Gasteiger partial charge is 0.377 e. The maximum Gasteiger partial charge on any atom is 0.249 e. The van der Waals surface area contributed by atoms with Crippen LogP contribution in [0.4, 0.5) is 11.6 Å². The van der Waals surface area contributed by atoms with Crippen LogP contribution in [-0.4, -0.2) is 48.5 Å². The van der Waals surface area contributed by atoms with E-state index in [0.717, 1.165) is 0 Å². The molecular formula is C13H19N5O3. The van der Waals surface area contributed by atoms with Gasteiger partial charge < -0.3 is 15.0 Å². The normalized spacial score (nSPS) is 18.6. The number of piperazine rings is 1. The van der Waals surface area contributed by atoms with Crippen molar-refractivity contribution in [3.05, 3.63) is 11.9 Å². The molecule has 1 saturated heterocycles. The van der Waals surface area contributed by atoms with Crippen LogP contribution >= 0.6 is 0 Å². The van der Waals surface area contributed by atoms with Crippen molar-refractivity contribution in [1.29, 1.82) is 0 Å². The lowest BCUT2D eigenvalue weighted by atomic mass is 10.1. The van der Waals surface area contributed by atoms with Crippen LogP contribution in [0.3, 0.4) is 0 Å². The second-order valence-electron chi connectivity index (χ2n) is 4.67. The molecule has 114 valence electrons. The van der Waals surface area contributed by atoms with Gasteiger partial charge in [0.25, 0.3) is 0 Å². The van der Waals surface area contributed by atoms with Crippen molar-refractivity contribution in [2.45, 2.75) is 26.0 Å². The van der Waals surface area contributed by atoms with Crippen LogP contribution in [0.15, 0.2) is 6.07 Å². The molecule has 1 atom stereocenters. The highest BCUT2D eigenvalue weighted by atomic mass is 16.5. The topological polar surface area (TPSA) is 96.5 Å². The lowest BCUT2D eigenvalue weighted by molar-refractivity contribution is -0.132. The van der Waals surface area contributed by atoms with Gasteiger partial charge in [0.2, 0.25) is 11.8 Å². The van der Waals surface area contributed by atoms with Crippen LogP contribution in [0.25, 0.3) is 0 Å². The number of hydrogen-bond donors (Lipinski definition) is 2. The quantitative estimate of drug-likeness (QED) is 0.732. The Balaban J connectivity index is 2.39. The fourth-order valence-electron chi connectivity index (χ4n) is 2.27. The van der Waals surface area contributed by atoms with E-state index in [1.165, 1.54) is 0 Å². The first-order valence-corrected chi connectivity index (χ1v) is 6.74. The third-order valence-electron chi connectivity index (χ3n) is 3.22. The molecule has 2 heterocycles. The van der Waals surface area contributed by atoms with Gasteiger partial charge >= 0.3 is 0 Å². The van der Waals surface area contributed by atoms with Crippen molar-refractivity contribution in [3.8, 4) is 0 Å². The van der Waals surface area contributed by atoms with Crippen molar-refractivity contribution >= 4 is 23.5 Å². The Morgan fingerprint density at radius 1 is 1.48 bits per heavy atom. The minimum absolute atomic E-state index is 0.0941. The van der Waals surface area contributed by atoms with Crippen LogP contribution in [0, 0.1) is 0 Å². The third-order valence-corrected chi connectivity index (χ3v) is 3.22. The number of hydrogen-bond acceptors (Lipinski definition) is 7. The predicted octanol–water partition coefficient (Wildman–Crippen LogP) is -0.0939. The molecule has 1 aliphatic heterocycles. The van der Waals surface area contributed by atoms with E-state index in [0.29, 0.717) is 23.9 Å². The van der Waals surface area contributed by atoms with Crippen molar-refractivity contribution in [1.82, 2.24) is 15.3 Å². The van der Waals surface area contributed by atoms with Gasteiger partial charge in [-0.05, 0) is 6.42 Å². The van der Waals surface area contributed by atoms with Crippen LogP contribution in [-0.2, 0) is 20.9 Å². The van der Waals surface area contributed by atoms with E-state index in [9.17, 15) is 9.59 Å². The summed E-state index contributed by atoms with van der Waals surface area (Å²) in [5.41, 5.74) is 0. The number of nitrogens with one attached hydrogen (secondary N) is 2. The van der Waals surface area contributed by atoms with Gasteiger partial charge in [0, 0.05) is 20.2 Å². The van der Waals surface area contributed by atoms with E-state index in [1.807, 2.05) is 6.92 Å². The molecule has 21 heavy (non-hydrogen) atoms. The zero-order chi connectivity index (χ0) is 15.4. The zero-order valence-corrected chi connectivity index (χ0v) is 12.3. The molecule has 0 bridgehead atoms. The number of nitrogens with zero attached hydrogens (tertiary/aromatic N) is 3. The Hall–Kier alpha value is -2.22. The number of carbonyl (C=O) groups is 2. The Kier molecular flexibility index (Phi) is 4.69. The number of imide groups is 1. The Bertz CT molecular complexity index is 549. The molecule has 2 amide bonds. The molecule has 1 aromatic heterocycles. The van der Waals surface area contributed by atoms with Gasteiger partial charge in [-0.1, -0.05) is 6.92 Å². The lowest BCUT2D eigenvalue weighted by Crippen LogP contribution is -2.58. The number of carbonyl (C=O) groups excluding carboxylic acids is 2. The number of rotatable bonds is 5. The molecule has 0 spiro atoms. The van der Waals surface area contributed by atoms with Crippen molar-refractivity contribution in [3.63, 3.8) is 0 Å². The zero-order valence-electron chi connectivity index (χ0n) is 12.3. The van der Waals surface area contributed by atoms with E-state index < -0.39 is 6.04 Å². The summed E-state index contributed by atoms with van der Waals surface area (Å²) in [7, 11) is 3.30. The first kappa shape index (κ1) is 15.2. The van der Waals surface area contributed by atoms with Gasteiger partial charge in [-0.3, -0.25) is 14.9 Å². The van der Waals surface area contributed by atoms with Gasteiger partial charge in [0.05, 0.1) is 6.54 Å². The van der Waals surface area contributed by atoms with E-state index in [1.54, 1.807) is 25.1 Å². The highest BCUT2D eigenvalue weighted by Crippen LogP contribution is 2.21. The molecule has 2 rings (SSSR count). The Morgan fingerprint density at radius 3 is 2.86 bits per heavy atom. The lowest BCUT2D eigenvalue weighted by Gasteiger charge is -2.34. The molecule has 0 saturated carbocycles. The maximum atomic E-state index is 11.9. The Morgan fingerprint density at radius 2 is 2.24 bits per heavy atom. The molecular weight excluding hydrogens is 274 g/mol. The number of amides is 2. The third kappa shape index (κ3) is 3.27. The summed E-state index contributed by atoms with van der Waals surface area (Å²) in [6, 6.07) is 1.30. The molecule has 1 fully saturated rings. The summed E-state index contributed by atoms with van der Waals surface area (Å²) < 4.78 is 5.05. The summed E-state index contributed by atoms with van der Waals surface area (Å²) in [6.07, 6.45) is 0.581. The molecule has 0 aromatic carbocycles. The first-order chi connectivity index (χ1) is 10.1. The first-order valence-electron chi connectivity index (χ1n) is 6.74. The van der Waals surface area contributed by atoms with E-state index in [4.69, 9.17) is 4.74 Å². The monoisotopic (exact) mass is 293 g/mol. The molecule has 0 aliphatic carbocycles. The van der Waals surface area contributed by atoms with Crippen LogP contribution in [0.5, 0.6) is 0 Å². The fraction of sp³-hybridized carbons (Fsp3) is 0.538. The van der Waals surface area contributed by atoms with Gasteiger partial charge in [-0.25, -0.2) is 9.97 Å². The average molecular weight is 293 g/mol. The summed E-state index contributed by atoms with van der Waals surface area (Å²) in [6.45, 7) is 2.24. The Labute approximate surface area is 122 Å². The van der Waals surface area contributed by atoms with E-state index >= 15 is 0 Å². The van der Waals surface area contributed by atoms with Crippen LogP contribution < -0.4 is 15.5 Å². The molecule has 1 aromatic rings. The van der Waals surface area contributed by atoms with Gasteiger partial charge in [-0.2, -0.15) is 0 Å². The second-order valence-corrected chi connectivity index (χ2v) is 4.67. The molecule has 1 unspecified atom stereocenters. The standard InChI is InChI=1S/C13H19N5O3/c1-4-8-13(20)17-12(19)6-18(8)11-5-9(14-2)15-10(16-11)7-21-3/h5,8H,4,6-7H2,1-3H3,(H,14,15,16)(H,17,19,20). The summed E-state index contributed by atoms with van der Waals surface area (Å²) in [5.74, 6) is 1.01. The predicted molar refractivity (Wildman–Crippen MR) is 76.9 cm³/mol. The van der Waals surface area contributed by atoms with Gasteiger partial charge in [0.15, 0.2) is 5.82 Å². The number of aromatic nitrogens is 2. The summed E-state index contributed by atoms with van der Waals surface area (Å²) in [4.78, 5) is 33.9. The fourth-order valence-corrected chi connectivity index (χ4v) is 2.27. The average Bonchev–Trinajstić information content (AvgIpc) is 2.46. The maximum absolute atomic E-state index is 11.9. The number of anilines is 2. The van der Waals surface area contributed by atoms with Crippen LogP contribution in [0.1, 0.15) is 19.2 Å². The SMILES string of the molecule is CCC1C(=O)NC(=O)CN1c1cc(NC)nc(COC)n1. The van der Waals surface area contributed by atoms with Gasteiger partial charge in [0.1, 0.15) is 24.3 Å². The van der Waals surface area contributed by atoms with Crippen molar-refractivity contribution in [2.24, 2.45) is 0 Å².